The lowest BCUT2D eigenvalue weighted by Crippen LogP contribution is -2.32. The van der Waals surface area contributed by atoms with Crippen molar-refractivity contribution in [2.45, 2.75) is 19.4 Å². The Balaban J connectivity index is 1.80. The number of aliphatic hydroxyl groups excluding tert-OH is 1. The molecule has 1 saturated heterocycles. The van der Waals surface area contributed by atoms with Gasteiger partial charge in [0.05, 0.1) is 18.2 Å². The molecule has 0 aromatic heterocycles. The van der Waals surface area contributed by atoms with Crippen LogP contribution in [0.2, 0.25) is 0 Å². The third-order valence-corrected chi connectivity index (χ3v) is 5.64. The second kappa shape index (κ2) is 9.69. The van der Waals surface area contributed by atoms with E-state index in [1.165, 1.54) is 17.0 Å². The predicted molar refractivity (Wildman–Crippen MR) is 123 cm³/mol. The van der Waals surface area contributed by atoms with Crippen LogP contribution in [0.5, 0.6) is 5.75 Å². The van der Waals surface area contributed by atoms with Gasteiger partial charge in [0.1, 0.15) is 17.3 Å². The van der Waals surface area contributed by atoms with Crippen molar-refractivity contribution in [3.63, 3.8) is 0 Å². The molecule has 1 amide bonds. The van der Waals surface area contributed by atoms with Gasteiger partial charge in [-0.2, -0.15) is 0 Å². The van der Waals surface area contributed by atoms with Crippen LogP contribution in [0.4, 0.5) is 4.39 Å². The van der Waals surface area contributed by atoms with Crippen LogP contribution in [0.3, 0.4) is 0 Å². The zero-order valence-electron chi connectivity index (χ0n) is 18.2. The maximum atomic E-state index is 14.9. The third-order valence-electron chi connectivity index (χ3n) is 5.64. The van der Waals surface area contributed by atoms with Crippen LogP contribution in [-0.2, 0) is 16.0 Å². The predicted octanol–water partition coefficient (Wildman–Crippen LogP) is 4.89. The van der Waals surface area contributed by atoms with Crippen LogP contribution < -0.4 is 4.74 Å². The van der Waals surface area contributed by atoms with Crippen molar-refractivity contribution in [3.05, 3.63) is 107 Å². The van der Waals surface area contributed by atoms with E-state index in [1.54, 1.807) is 36.4 Å². The van der Waals surface area contributed by atoms with Gasteiger partial charge in [0.2, 0.25) is 0 Å². The van der Waals surface area contributed by atoms with Crippen molar-refractivity contribution in [1.29, 1.82) is 0 Å². The zero-order valence-corrected chi connectivity index (χ0v) is 18.2. The molecule has 1 unspecified atom stereocenters. The van der Waals surface area contributed by atoms with Gasteiger partial charge >= 0.3 is 0 Å². The summed E-state index contributed by atoms with van der Waals surface area (Å²) in [5.41, 5.74) is 1.33. The van der Waals surface area contributed by atoms with Crippen molar-refractivity contribution in [2.24, 2.45) is 0 Å². The standard InChI is InChI=1S/C27H24FNO4/c1-2-33-20-12-8-11-19(17-20)25(30)23-24(21-13-6-7-14-22(21)28)29(27(32)26(23)31)16-15-18-9-4-3-5-10-18/h3-14,17,24,30H,2,15-16H2,1H3/b25-23+. The lowest BCUT2D eigenvalue weighted by Gasteiger charge is -2.25. The Morgan fingerprint density at radius 1 is 1.00 bits per heavy atom. The van der Waals surface area contributed by atoms with Crippen LogP contribution in [0.1, 0.15) is 29.7 Å². The number of hydrogen-bond acceptors (Lipinski definition) is 4. The summed E-state index contributed by atoms with van der Waals surface area (Å²) in [6.45, 7) is 2.47. The minimum absolute atomic E-state index is 0.133. The first-order valence-electron chi connectivity index (χ1n) is 10.8. The molecule has 0 bridgehead atoms. The smallest absolute Gasteiger partial charge is 0.295 e. The molecule has 1 aliphatic rings. The molecule has 0 spiro atoms. The lowest BCUT2D eigenvalue weighted by atomic mass is 9.94. The molecule has 1 N–H and O–H groups in total. The molecule has 168 valence electrons. The van der Waals surface area contributed by atoms with Gasteiger partial charge in [-0.25, -0.2) is 4.39 Å². The van der Waals surface area contributed by atoms with Crippen molar-refractivity contribution in [1.82, 2.24) is 4.90 Å². The lowest BCUT2D eigenvalue weighted by molar-refractivity contribution is -0.139. The first-order valence-corrected chi connectivity index (χ1v) is 10.8. The van der Waals surface area contributed by atoms with Gasteiger partial charge in [-0.05, 0) is 37.1 Å². The largest absolute Gasteiger partial charge is 0.507 e. The second-order valence-electron chi connectivity index (χ2n) is 7.71. The van der Waals surface area contributed by atoms with Crippen LogP contribution in [0.25, 0.3) is 5.76 Å². The highest BCUT2D eigenvalue weighted by molar-refractivity contribution is 6.46. The average molecular weight is 445 g/mol. The number of amides is 1. The number of Topliss-reactive ketones (excluding diaryl/α,β-unsaturated/α-hetero) is 1. The summed E-state index contributed by atoms with van der Waals surface area (Å²) < 4.78 is 20.4. The van der Waals surface area contributed by atoms with E-state index < -0.39 is 23.5 Å². The topological polar surface area (TPSA) is 66.8 Å². The van der Waals surface area contributed by atoms with Gasteiger partial charge in [0.15, 0.2) is 0 Å². The highest BCUT2D eigenvalue weighted by atomic mass is 19.1. The van der Waals surface area contributed by atoms with E-state index in [9.17, 15) is 19.1 Å². The molecule has 0 radical (unpaired) electrons. The zero-order chi connectivity index (χ0) is 23.4. The number of ketones is 1. The Hall–Kier alpha value is -3.93. The van der Waals surface area contributed by atoms with Gasteiger partial charge in [0, 0.05) is 17.7 Å². The van der Waals surface area contributed by atoms with E-state index in [-0.39, 0.29) is 23.4 Å². The van der Waals surface area contributed by atoms with E-state index in [1.807, 2.05) is 37.3 Å². The number of hydrogen-bond donors (Lipinski definition) is 1. The highest BCUT2D eigenvalue weighted by Crippen LogP contribution is 2.40. The summed E-state index contributed by atoms with van der Waals surface area (Å²) >= 11 is 0. The molecule has 3 aromatic carbocycles. The molecule has 4 rings (SSSR count). The van der Waals surface area contributed by atoms with Crippen LogP contribution in [0, 0.1) is 5.82 Å². The Morgan fingerprint density at radius 3 is 2.45 bits per heavy atom. The van der Waals surface area contributed by atoms with Gasteiger partial charge in [-0.1, -0.05) is 60.7 Å². The molecule has 1 fully saturated rings. The SMILES string of the molecule is CCOc1cccc(/C(O)=C2\C(=O)C(=O)N(CCc3ccccc3)C2c2ccccc2F)c1. The second-order valence-corrected chi connectivity index (χ2v) is 7.71. The number of aliphatic hydroxyl groups is 1. The summed E-state index contributed by atoms with van der Waals surface area (Å²) in [5.74, 6) is -1.99. The molecule has 33 heavy (non-hydrogen) atoms. The number of ether oxygens (including phenoxy) is 1. The molecule has 0 aliphatic carbocycles. The molecular formula is C27H24FNO4. The molecule has 1 heterocycles. The van der Waals surface area contributed by atoms with E-state index in [4.69, 9.17) is 4.74 Å². The minimum Gasteiger partial charge on any atom is -0.507 e. The number of halogens is 1. The number of benzene rings is 3. The Bertz CT molecular complexity index is 1210. The maximum absolute atomic E-state index is 14.9. The first-order chi connectivity index (χ1) is 16.0. The Labute approximate surface area is 191 Å². The first kappa shape index (κ1) is 22.3. The third kappa shape index (κ3) is 4.51. The fraction of sp³-hybridized carbons (Fsp3) is 0.185. The van der Waals surface area contributed by atoms with Crippen LogP contribution >= 0.6 is 0 Å². The maximum Gasteiger partial charge on any atom is 0.295 e. The fourth-order valence-electron chi connectivity index (χ4n) is 4.08. The highest BCUT2D eigenvalue weighted by Gasteiger charge is 2.46. The van der Waals surface area contributed by atoms with Gasteiger partial charge < -0.3 is 14.7 Å². The monoisotopic (exact) mass is 445 g/mol. The number of carbonyl (C=O) groups is 2. The molecule has 5 nitrogen and oxygen atoms in total. The quantitative estimate of drug-likeness (QED) is 0.320. The van der Waals surface area contributed by atoms with E-state index in [0.717, 1.165) is 5.56 Å². The Morgan fingerprint density at radius 2 is 1.73 bits per heavy atom. The molecule has 1 aliphatic heterocycles. The summed E-state index contributed by atoms with van der Waals surface area (Å²) in [7, 11) is 0. The number of nitrogens with zero attached hydrogens (tertiary/aromatic N) is 1. The number of likely N-dealkylation sites (tertiary alicyclic amines) is 1. The summed E-state index contributed by atoms with van der Waals surface area (Å²) in [6.07, 6.45) is 0.485. The van der Waals surface area contributed by atoms with Gasteiger partial charge in [-0.3, -0.25) is 9.59 Å². The average Bonchev–Trinajstić information content (AvgIpc) is 3.08. The molecule has 6 heteroatoms. The van der Waals surface area contributed by atoms with Crippen LogP contribution in [0.15, 0.2) is 84.4 Å². The molecule has 3 aromatic rings. The van der Waals surface area contributed by atoms with Gasteiger partial charge in [0.25, 0.3) is 11.7 Å². The summed E-state index contributed by atoms with van der Waals surface area (Å²) in [6, 6.07) is 21.1. The van der Waals surface area contributed by atoms with Crippen molar-refractivity contribution < 1.29 is 23.8 Å². The minimum atomic E-state index is -1.04. The fourth-order valence-corrected chi connectivity index (χ4v) is 4.08. The number of carbonyl (C=O) groups excluding carboxylic acids is 2. The summed E-state index contributed by atoms with van der Waals surface area (Å²) in [5, 5.41) is 11.1. The Kier molecular flexibility index (Phi) is 6.54. The normalized spacial score (nSPS) is 17.4. The summed E-state index contributed by atoms with van der Waals surface area (Å²) in [4.78, 5) is 27.4. The van der Waals surface area contributed by atoms with Crippen molar-refractivity contribution >= 4 is 17.4 Å². The number of rotatable bonds is 7. The van der Waals surface area contributed by atoms with Crippen molar-refractivity contribution in [2.75, 3.05) is 13.2 Å². The molecule has 0 saturated carbocycles. The van der Waals surface area contributed by atoms with E-state index >= 15 is 0 Å². The van der Waals surface area contributed by atoms with E-state index in [2.05, 4.69) is 0 Å². The van der Waals surface area contributed by atoms with E-state index in [0.29, 0.717) is 24.3 Å². The van der Waals surface area contributed by atoms with Gasteiger partial charge in [-0.15, -0.1) is 0 Å². The van der Waals surface area contributed by atoms with Crippen molar-refractivity contribution in [3.8, 4) is 5.75 Å². The van der Waals surface area contributed by atoms with Crippen LogP contribution in [-0.4, -0.2) is 34.8 Å². The molecule has 1 atom stereocenters. The molecular weight excluding hydrogens is 421 g/mol.